The summed E-state index contributed by atoms with van der Waals surface area (Å²) >= 11 is 0. The maximum absolute atomic E-state index is 11.5. The van der Waals surface area contributed by atoms with Crippen molar-refractivity contribution >= 4 is 5.91 Å². The van der Waals surface area contributed by atoms with E-state index in [0.717, 1.165) is 19.3 Å². The molecule has 0 atom stereocenters. The van der Waals surface area contributed by atoms with Gasteiger partial charge in [0.15, 0.2) is 0 Å². The number of nitrogens with one attached hydrogen (secondary N) is 1. The summed E-state index contributed by atoms with van der Waals surface area (Å²) in [5, 5.41) is 4.02. The Balaban J connectivity index is 2.35. The molecule has 0 spiro atoms. The van der Waals surface area contributed by atoms with Crippen LogP contribution in [0.3, 0.4) is 0 Å². The fraction of sp³-hybridized carbons (Fsp3) is 0.545. The fourth-order valence-electron chi connectivity index (χ4n) is 1.50. The molecule has 1 amide bonds. The molecule has 0 bridgehead atoms. The first kappa shape index (κ1) is 14.2. The Bertz CT molecular complexity index is 444. The number of aryl methyl sites for hydroxylation is 1. The number of carbonyl (C=O) groups excluding carboxylic acids is 1. The van der Waals surface area contributed by atoms with Crippen LogP contribution in [0.5, 0.6) is 5.88 Å². The summed E-state index contributed by atoms with van der Waals surface area (Å²) in [6, 6.07) is 2.96. The quantitative estimate of drug-likeness (QED) is 0.304. The van der Waals surface area contributed by atoms with Gasteiger partial charge in [-0.25, -0.2) is 10.5 Å². The van der Waals surface area contributed by atoms with Crippen LogP contribution in [0.25, 0.3) is 0 Å². The Kier molecular flexibility index (Phi) is 5.86. The summed E-state index contributed by atoms with van der Waals surface area (Å²) in [7, 11) is 1.50. The second-order valence-corrected chi connectivity index (χ2v) is 3.82. The van der Waals surface area contributed by atoms with Crippen molar-refractivity contribution in [3.8, 4) is 5.88 Å². The molecule has 0 aromatic carbocycles. The first-order valence-corrected chi connectivity index (χ1v) is 5.79. The van der Waals surface area contributed by atoms with Crippen LogP contribution in [0.4, 0.5) is 0 Å². The van der Waals surface area contributed by atoms with Crippen LogP contribution in [-0.4, -0.2) is 22.8 Å². The van der Waals surface area contributed by atoms with E-state index in [2.05, 4.69) is 10.5 Å². The molecule has 0 aliphatic carbocycles. The highest BCUT2D eigenvalue weighted by Gasteiger charge is 2.01. The van der Waals surface area contributed by atoms with Crippen LogP contribution in [0.2, 0.25) is 0 Å². The third kappa shape index (κ3) is 4.54. The van der Waals surface area contributed by atoms with E-state index in [9.17, 15) is 9.59 Å². The number of aromatic nitrogens is 2. The van der Waals surface area contributed by atoms with Gasteiger partial charge in [0.25, 0.3) is 5.56 Å². The molecule has 0 aliphatic heterocycles. The topological polar surface area (TPSA) is 99.2 Å². The summed E-state index contributed by atoms with van der Waals surface area (Å²) in [5.74, 6) is 5.20. The van der Waals surface area contributed by atoms with E-state index in [1.807, 2.05) is 0 Å². The van der Waals surface area contributed by atoms with Crippen molar-refractivity contribution in [2.45, 2.75) is 32.2 Å². The highest BCUT2D eigenvalue weighted by Crippen LogP contribution is 2.03. The average molecular weight is 254 g/mol. The van der Waals surface area contributed by atoms with Crippen molar-refractivity contribution in [1.29, 1.82) is 0 Å². The second-order valence-electron chi connectivity index (χ2n) is 3.82. The first-order chi connectivity index (χ1) is 8.67. The van der Waals surface area contributed by atoms with Crippen molar-refractivity contribution < 1.29 is 9.53 Å². The summed E-state index contributed by atoms with van der Waals surface area (Å²) in [5.41, 5.74) is 1.92. The van der Waals surface area contributed by atoms with E-state index in [1.54, 1.807) is 0 Å². The number of nitrogens with zero attached hydrogens (tertiary/aromatic N) is 2. The van der Waals surface area contributed by atoms with Crippen LogP contribution in [0.1, 0.15) is 25.7 Å². The number of amides is 1. The molecule has 0 radical (unpaired) electrons. The van der Waals surface area contributed by atoms with Crippen LogP contribution >= 0.6 is 0 Å². The van der Waals surface area contributed by atoms with Gasteiger partial charge in [0.05, 0.1) is 7.11 Å². The fourth-order valence-corrected chi connectivity index (χ4v) is 1.50. The van der Waals surface area contributed by atoms with E-state index in [4.69, 9.17) is 10.6 Å². The number of nitrogens with two attached hydrogens (primary N) is 1. The van der Waals surface area contributed by atoms with Crippen molar-refractivity contribution in [3.63, 3.8) is 0 Å². The Morgan fingerprint density at radius 1 is 1.44 bits per heavy atom. The molecule has 0 aliphatic rings. The Labute approximate surface area is 105 Å². The molecule has 0 saturated carbocycles. The maximum atomic E-state index is 11.5. The Morgan fingerprint density at radius 2 is 2.22 bits per heavy atom. The van der Waals surface area contributed by atoms with E-state index >= 15 is 0 Å². The minimum atomic E-state index is -0.174. The summed E-state index contributed by atoms with van der Waals surface area (Å²) in [6.45, 7) is 0.514. The van der Waals surface area contributed by atoms with Crippen LogP contribution in [0, 0.1) is 0 Å². The lowest BCUT2D eigenvalue weighted by atomic mass is 10.2. The average Bonchev–Trinajstić information content (AvgIpc) is 2.40. The van der Waals surface area contributed by atoms with Gasteiger partial charge < -0.3 is 4.74 Å². The van der Waals surface area contributed by atoms with Gasteiger partial charge in [-0.1, -0.05) is 6.42 Å². The smallest absolute Gasteiger partial charge is 0.266 e. The van der Waals surface area contributed by atoms with Gasteiger partial charge >= 0.3 is 0 Å². The number of carbonyl (C=O) groups is 1. The molecule has 0 fully saturated rings. The SMILES string of the molecule is COc1ccc(=O)n(CCCCCC(=O)NN)n1. The van der Waals surface area contributed by atoms with Crippen molar-refractivity contribution in [1.82, 2.24) is 15.2 Å². The van der Waals surface area contributed by atoms with E-state index in [1.165, 1.54) is 23.9 Å². The summed E-state index contributed by atoms with van der Waals surface area (Å²) < 4.78 is 6.31. The van der Waals surface area contributed by atoms with Gasteiger partial charge in [-0.15, -0.1) is 5.10 Å². The van der Waals surface area contributed by atoms with Gasteiger partial charge in [-0.3, -0.25) is 15.0 Å². The third-order valence-corrected chi connectivity index (χ3v) is 2.49. The Hall–Kier alpha value is -1.89. The first-order valence-electron chi connectivity index (χ1n) is 5.79. The zero-order chi connectivity index (χ0) is 13.4. The molecular weight excluding hydrogens is 236 g/mol. The number of ether oxygens (including phenoxy) is 1. The number of hydrazine groups is 1. The molecule has 1 aromatic heterocycles. The van der Waals surface area contributed by atoms with Gasteiger partial charge in [0, 0.05) is 25.1 Å². The lowest BCUT2D eigenvalue weighted by molar-refractivity contribution is -0.121. The minimum Gasteiger partial charge on any atom is -0.480 e. The lowest BCUT2D eigenvalue weighted by Gasteiger charge is -2.05. The number of methoxy groups -OCH3 is 1. The zero-order valence-electron chi connectivity index (χ0n) is 10.4. The third-order valence-electron chi connectivity index (χ3n) is 2.49. The molecule has 0 unspecified atom stereocenters. The maximum Gasteiger partial charge on any atom is 0.266 e. The molecule has 1 heterocycles. The largest absolute Gasteiger partial charge is 0.480 e. The minimum absolute atomic E-state index is 0.157. The van der Waals surface area contributed by atoms with Crippen molar-refractivity contribution in [3.05, 3.63) is 22.5 Å². The molecule has 7 heteroatoms. The highest BCUT2D eigenvalue weighted by atomic mass is 16.5. The molecular formula is C11H18N4O3. The molecule has 1 aromatic rings. The molecule has 1 rings (SSSR count). The predicted molar refractivity (Wildman–Crippen MR) is 65.8 cm³/mol. The standard InChI is InChI=1S/C11H18N4O3/c1-18-10-6-7-11(17)15(14-10)8-4-2-3-5-9(16)13-12/h6-7H,2-5,8,12H2,1H3,(H,13,16). The number of hydrogen-bond donors (Lipinski definition) is 2. The lowest BCUT2D eigenvalue weighted by Crippen LogP contribution is -2.29. The second kappa shape index (κ2) is 7.44. The Morgan fingerprint density at radius 3 is 2.89 bits per heavy atom. The van der Waals surface area contributed by atoms with Gasteiger partial charge in [-0.05, 0) is 12.8 Å². The number of hydrogen-bond acceptors (Lipinski definition) is 5. The van der Waals surface area contributed by atoms with Crippen LogP contribution in [-0.2, 0) is 11.3 Å². The highest BCUT2D eigenvalue weighted by molar-refractivity contribution is 5.74. The van der Waals surface area contributed by atoms with Crippen molar-refractivity contribution in [2.24, 2.45) is 5.84 Å². The summed E-state index contributed by atoms with van der Waals surface area (Å²) in [6.07, 6.45) is 2.75. The number of unbranched alkanes of at least 4 members (excludes halogenated alkanes) is 2. The van der Waals surface area contributed by atoms with Gasteiger partial charge in [0.2, 0.25) is 11.8 Å². The van der Waals surface area contributed by atoms with Crippen LogP contribution < -0.4 is 21.6 Å². The number of rotatable bonds is 7. The zero-order valence-corrected chi connectivity index (χ0v) is 10.4. The molecule has 100 valence electrons. The molecule has 7 nitrogen and oxygen atoms in total. The predicted octanol–water partition coefficient (Wildman–Crippen LogP) is -0.198. The monoisotopic (exact) mass is 254 g/mol. The van der Waals surface area contributed by atoms with E-state index < -0.39 is 0 Å². The normalized spacial score (nSPS) is 10.1. The molecule has 0 saturated heterocycles. The van der Waals surface area contributed by atoms with E-state index in [-0.39, 0.29) is 11.5 Å². The molecule has 3 N–H and O–H groups in total. The molecule has 18 heavy (non-hydrogen) atoms. The van der Waals surface area contributed by atoms with Crippen LogP contribution in [0.15, 0.2) is 16.9 Å². The summed E-state index contributed by atoms with van der Waals surface area (Å²) in [4.78, 5) is 22.3. The van der Waals surface area contributed by atoms with Crippen molar-refractivity contribution in [2.75, 3.05) is 7.11 Å². The van der Waals surface area contributed by atoms with Gasteiger partial charge in [0.1, 0.15) is 0 Å². The van der Waals surface area contributed by atoms with E-state index in [0.29, 0.717) is 18.8 Å². The van der Waals surface area contributed by atoms with Gasteiger partial charge in [-0.2, -0.15) is 0 Å².